The van der Waals surface area contributed by atoms with Crippen LogP contribution in [0.3, 0.4) is 0 Å². The van der Waals surface area contributed by atoms with E-state index in [0.29, 0.717) is 17.5 Å². The summed E-state index contributed by atoms with van der Waals surface area (Å²) < 4.78 is 0. The molecule has 0 bridgehead atoms. The van der Waals surface area contributed by atoms with Gasteiger partial charge in [-0.2, -0.15) is 0 Å². The molecule has 1 amide bonds. The van der Waals surface area contributed by atoms with Crippen molar-refractivity contribution in [3.63, 3.8) is 0 Å². The van der Waals surface area contributed by atoms with E-state index in [-0.39, 0.29) is 23.6 Å². The molecule has 1 atom stereocenters. The van der Waals surface area contributed by atoms with Crippen LogP contribution in [0.1, 0.15) is 22.7 Å². The van der Waals surface area contributed by atoms with Crippen LogP contribution < -0.4 is 0 Å². The molecule has 0 radical (unpaired) electrons. The SMILES string of the molecule is O=C1C(=O)N(CCc2c[nH]c3ccccc23)C(c2ccc(O)cc2)/C1=C(/O)c1cccc2ccccc12. The second-order valence-electron chi connectivity index (χ2n) is 9.22. The number of rotatable bonds is 5. The Kier molecular flexibility index (Phi) is 5.49. The van der Waals surface area contributed by atoms with E-state index in [1.165, 1.54) is 17.0 Å². The number of aromatic hydroxyl groups is 1. The van der Waals surface area contributed by atoms with Crippen molar-refractivity contribution in [2.24, 2.45) is 0 Å². The van der Waals surface area contributed by atoms with E-state index in [9.17, 15) is 19.8 Å². The molecule has 0 saturated carbocycles. The molecule has 4 aromatic carbocycles. The maximum atomic E-state index is 13.4. The molecule has 3 N–H and O–H groups in total. The van der Waals surface area contributed by atoms with Gasteiger partial charge in [-0.25, -0.2) is 0 Å². The van der Waals surface area contributed by atoms with E-state index in [1.54, 1.807) is 18.2 Å². The highest BCUT2D eigenvalue weighted by Gasteiger charge is 2.46. The number of amides is 1. The first kappa shape index (κ1) is 22.6. The quantitative estimate of drug-likeness (QED) is 0.168. The lowest BCUT2D eigenvalue weighted by Crippen LogP contribution is -2.31. The van der Waals surface area contributed by atoms with E-state index in [2.05, 4.69) is 4.98 Å². The first-order valence-corrected chi connectivity index (χ1v) is 12.1. The molecule has 2 heterocycles. The van der Waals surface area contributed by atoms with Crippen LogP contribution in [0, 0.1) is 0 Å². The van der Waals surface area contributed by atoms with Gasteiger partial charge in [0.15, 0.2) is 0 Å². The largest absolute Gasteiger partial charge is 0.508 e. The number of hydrogen-bond acceptors (Lipinski definition) is 4. The van der Waals surface area contributed by atoms with Crippen LogP contribution in [-0.2, 0) is 16.0 Å². The minimum atomic E-state index is -0.787. The Labute approximate surface area is 213 Å². The van der Waals surface area contributed by atoms with Crippen LogP contribution in [0.15, 0.2) is 103 Å². The molecule has 0 aliphatic carbocycles. The van der Waals surface area contributed by atoms with Gasteiger partial charge < -0.3 is 20.1 Å². The van der Waals surface area contributed by atoms with Gasteiger partial charge >= 0.3 is 0 Å². The van der Waals surface area contributed by atoms with Gasteiger partial charge in [0.1, 0.15) is 11.5 Å². The zero-order valence-corrected chi connectivity index (χ0v) is 19.9. The van der Waals surface area contributed by atoms with Gasteiger partial charge in [-0.05, 0) is 46.5 Å². The highest BCUT2D eigenvalue weighted by atomic mass is 16.3. The average Bonchev–Trinajstić information content (AvgIpc) is 3.45. The minimum absolute atomic E-state index is 0.0472. The lowest BCUT2D eigenvalue weighted by molar-refractivity contribution is -0.139. The number of phenolic OH excluding ortho intramolecular Hbond substituents is 1. The zero-order chi connectivity index (χ0) is 25.5. The monoisotopic (exact) mass is 488 g/mol. The number of nitrogens with zero attached hydrogens (tertiary/aromatic N) is 1. The molecule has 6 nitrogen and oxygen atoms in total. The van der Waals surface area contributed by atoms with Gasteiger partial charge in [0.25, 0.3) is 11.7 Å². The van der Waals surface area contributed by atoms with Crippen molar-refractivity contribution in [1.82, 2.24) is 9.88 Å². The Morgan fingerprint density at radius 3 is 2.35 bits per heavy atom. The summed E-state index contributed by atoms with van der Waals surface area (Å²) in [6, 6.07) is 26.7. The normalized spacial score (nSPS) is 17.2. The molecule has 5 aromatic rings. The molecule has 1 aliphatic heterocycles. The Morgan fingerprint density at radius 1 is 0.838 bits per heavy atom. The zero-order valence-electron chi connectivity index (χ0n) is 19.9. The van der Waals surface area contributed by atoms with Gasteiger partial charge in [0, 0.05) is 29.2 Å². The number of likely N-dealkylation sites (tertiary alicyclic amines) is 1. The fourth-order valence-electron chi connectivity index (χ4n) is 5.27. The summed E-state index contributed by atoms with van der Waals surface area (Å²) in [7, 11) is 0. The van der Waals surface area contributed by atoms with E-state index >= 15 is 0 Å². The third kappa shape index (κ3) is 3.83. The van der Waals surface area contributed by atoms with E-state index in [0.717, 1.165) is 27.2 Å². The highest BCUT2D eigenvalue weighted by Crippen LogP contribution is 2.41. The fourth-order valence-corrected chi connectivity index (χ4v) is 5.27. The van der Waals surface area contributed by atoms with Gasteiger partial charge in [-0.3, -0.25) is 9.59 Å². The van der Waals surface area contributed by atoms with Gasteiger partial charge in [-0.1, -0.05) is 72.8 Å². The third-order valence-corrected chi connectivity index (χ3v) is 7.09. The first-order chi connectivity index (χ1) is 18.0. The summed E-state index contributed by atoms with van der Waals surface area (Å²) >= 11 is 0. The standard InChI is InChI=1S/C31H24N2O4/c34-22-14-12-20(13-15-22)28-27(29(35)25-10-5-7-19-6-1-2-8-23(19)25)30(36)31(37)33(28)17-16-21-18-32-26-11-4-3-9-24(21)26/h1-15,18,28,32,34-35H,16-17H2/b29-27-. The molecule has 6 rings (SSSR count). The molecule has 182 valence electrons. The van der Waals surface area contributed by atoms with Gasteiger partial charge in [0.2, 0.25) is 0 Å². The number of phenols is 1. The molecule has 1 fully saturated rings. The summed E-state index contributed by atoms with van der Waals surface area (Å²) in [5.41, 5.74) is 3.22. The summed E-state index contributed by atoms with van der Waals surface area (Å²) in [6.07, 6.45) is 2.45. The van der Waals surface area contributed by atoms with Crippen LogP contribution in [0.25, 0.3) is 27.4 Å². The minimum Gasteiger partial charge on any atom is -0.508 e. The number of nitrogens with one attached hydrogen (secondary N) is 1. The summed E-state index contributed by atoms with van der Waals surface area (Å²) in [4.78, 5) is 31.6. The predicted octanol–water partition coefficient (Wildman–Crippen LogP) is 5.69. The molecular weight excluding hydrogens is 464 g/mol. The topological polar surface area (TPSA) is 93.6 Å². The summed E-state index contributed by atoms with van der Waals surface area (Å²) in [5.74, 6) is -1.50. The second-order valence-corrected chi connectivity index (χ2v) is 9.22. The fraction of sp³-hybridized carbons (Fsp3) is 0.0968. The number of aliphatic hydroxyl groups is 1. The average molecular weight is 489 g/mol. The number of benzene rings is 4. The predicted molar refractivity (Wildman–Crippen MR) is 143 cm³/mol. The van der Waals surface area contributed by atoms with Crippen molar-refractivity contribution in [3.05, 3.63) is 119 Å². The lowest BCUT2D eigenvalue weighted by atomic mass is 9.93. The molecule has 0 spiro atoms. The Bertz CT molecular complexity index is 1690. The van der Waals surface area contributed by atoms with Crippen molar-refractivity contribution < 1.29 is 19.8 Å². The number of hydrogen-bond donors (Lipinski definition) is 3. The van der Waals surface area contributed by atoms with Crippen LogP contribution in [0.5, 0.6) is 5.75 Å². The van der Waals surface area contributed by atoms with Crippen molar-refractivity contribution in [1.29, 1.82) is 0 Å². The molecule has 1 saturated heterocycles. The molecule has 1 unspecified atom stereocenters. The second kappa shape index (κ2) is 8.99. The summed E-state index contributed by atoms with van der Waals surface area (Å²) in [6.45, 7) is 0.282. The van der Waals surface area contributed by atoms with Crippen LogP contribution in [-0.4, -0.2) is 38.3 Å². The number of fused-ring (bicyclic) bond motifs is 2. The maximum absolute atomic E-state index is 13.4. The highest BCUT2D eigenvalue weighted by molar-refractivity contribution is 6.46. The van der Waals surface area contributed by atoms with Crippen molar-refractivity contribution >= 4 is 39.1 Å². The number of carbonyl (C=O) groups excluding carboxylic acids is 2. The first-order valence-electron chi connectivity index (χ1n) is 12.1. The number of para-hydroxylation sites is 1. The molecule has 37 heavy (non-hydrogen) atoms. The third-order valence-electron chi connectivity index (χ3n) is 7.09. The summed E-state index contributed by atoms with van der Waals surface area (Å²) in [5, 5.41) is 24.2. The number of carbonyl (C=O) groups is 2. The maximum Gasteiger partial charge on any atom is 0.295 e. The van der Waals surface area contributed by atoms with Gasteiger partial charge in [-0.15, -0.1) is 0 Å². The van der Waals surface area contributed by atoms with E-state index in [4.69, 9.17) is 0 Å². The molecule has 1 aliphatic rings. The Balaban J connectivity index is 1.46. The Hall–Kier alpha value is -4.84. The molecule has 1 aromatic heterocycles. The number of aliphatic hydroxyl groups excluding tert-OH is 1. The van der Waals surface area contributed by atoms with Crippen molar-refractivity contribution in [2.75, 3.05) is 6.54 Å². The number of aromatic nitrogens is 1. The van der Waals surface area contributed by atoms with E-state index < -0.39 is 17.7 Å². The number of H-pyrrole nitrogens is 1. The van der Waals surface area contributed by atoms with Gasteiger partial charge in [0.05, 0.1) is 11.6 Å². The van der Waals surface area contributed by atoms with Crippen LogP contribution in [0.2, 0.25) is 0 Å². The lowest BCUT2D eigenvalue weighted by Gasteiger charge is -2.25. The molecular formula is C31H24N2O4. The number of Topliss-reactive ketones (excluding diaryl/α,β-unsaturated/α-hetero) is 1. The smallest absolute Gasteiger partial charge is 0.295 e. The van der Waals surface area contributed by atoms with E-state index in [1.807, 2.05) is 66.9 Å². The van der Waals surface area contributed by atoms with Crippen LogP contribution >= 0.6 is 0 Å². The number of ketones is 1. The Morgan fingerprint density at radius 2 is 1.54 bits per heavy atom. The van der Waals surface area contributed by atoms with Crippen molar-refractivity contribution in [2.45, 2.75) is 12.5 Å². The van der Waals surface area contributed by atoms with Crippen LogP contribution in [0.4, 0.5) is 0 Å². The molecule has 6 heteroatoms. The number of aromatic amines is 1. The van der Waals surface area contributed by atoms with Crippen molar-refractivity contribution in [3.8, 4) is 5.75 Å².